The van der Waals surface area contributed by atoms with Crippen LogP contribution >= 0.6 is 36.1 Å². The number of imidazole rings is 1. The number of amides is 2. The molecule has 2 amide bonds. The summed E-state index contributed by atoms with van der Waals surface area (Å²) in [4.78, 5) is 74.6. The number of thiol groups is 1. The number of anilines is 1. The fraction of sp³-hybridized carbons (Fsp3) is 0.667. The second kappa shape index (κ2) is 16.3. The number of phosphoric ester groups is 3. The number of nitrogens with two attached hydrogens (primary N) is 1. The van der Waals surface area contributed by atoms with Gasteiger partial charge in [0.05, 0.1) is 19.5 Å². The average Bonchev–Trinajstić information content (AvgIpc) is 3.54. The van der Waals surface area contributed by atoms with Crippen LogP contribution in [0.4, 0.5) is 5.82 Å². The second-order valence-corrected chi connectivity index (χ2v) is 15.5. The number of fused-ring (bicyclic) bond motifs is 1. The van der Waals surface area contributed by atoms with Crippen molar-refractivity contribution in [2.24, 2.45) is 5.41 Å². The first kappa shape index (κ1) is 40.3. The van der Waals surface area contributed by atoms with E-state index in [1.165, 1.54) is 13.8 Å². The number of aromatic nitrogens is 4. The van der Waals surface area contributed by atoms with Crippen molar-refractivity contribution in [3.63, 3.8) is 0 Å². The third-order valence-electron chi connectivity index (χ3n) is 6.51. The predicted molar refractivity (Wildman–Crippen MR) is 163 cm³/mol. The van der Waals surface area contributed by atoms with Gasteiger partial charge in [-0.25, -0.2) is 28.6 Å². The maximum Gasteiger partial charge on any atom is 0.481 e. The Balaban J connectivity index is 1.61. The molecule has 4 unspecified atom stereocenters. The first-order valence-corrected chi connectivity index (χ1v) is 18.8. The van der Waals surface area contributed by atoms with E-state index in [9.17, 15) is 53.1 Å². The number of ether oxygens (including phenoxy) is 1. The number of rotatable bonds is 18. The summed E-state index contributed by atoms with van der Waals surface area (Å²) in [6.07, 6.45) is -6.74. The van der Waals surface area contributed by atoms with Crippen LogP contribution < -0.4 is 16.4 Å². The summed E-state index contributed by atoms with van der Waals surface area (Å²) in [7, 11) is -16.3. The molecule has 1 saturated heterocycles. The molecule has 1 fully saturated rings. The average molecular weight is 768 g/mol. The molecule has 7 atom stereocenters. The van der Waals surface area contributed by atoms with Gasteiger partial charge in [0, 0.05) is 30.7 Å². The lowest BCUT2D eigenvalue weighted by atomic mass is 9.87. The molecule has 1 aliphatic rings. The van der Waals surface area contributed by atoms with Gasteiger partial charge >= 0.3 is 23.5 Å². The van der Waals surface area contributed by atoms with E-state index in [1.807, 2.05) is 0 Å². The number of nitrogens with one attached hydrogen (secondary N) is 2. The second-order valence-electron chi connectivity index (χ2n) is 10.8. The maximum absolute atomic E-state index is 12.6. The van der Waals surface area contributed by atoms with Crippen molar-refractivity contribution in [1.29, 1.82) is 0 Å². The van der Waals surface area contributed by atoms with Gasteiger partial charge in [0.2, 0.25) is 11.8 Å². The molecule has 10 N–H and O–H groups in total. The number of carbonyl (C=O) groups excluding carboxylic acids is 2. The summed E-state index contributed by atoms with van der Waals surface area (Å²) in [5, 5.41) is 26.1. The third-order valence-corrected chi connectivity index (χ3v) is 9.83. The van der Waals surface area contributed by atoms with Crippen LogP contribution in [0.15, 0.2) is 12.7 Å². The molecule has 48 heavy (non-hydrogen) atoms. The van der Waals surface area contributed by atoms with Crippen molar-refractivity contribution >= 4 is 64.9 Å². The van der Waals surface area contributed by atoms with E-state index in [0.717, 1.165) is 17.2 Å². The highest BCUT2D eigenvalue weighted by Gasteiger charge is 2.50. The predicted octanol–water partition coefficient (Wildman–Crippen LogP) is -1.67. The minimum Gasteiger partial charge on any atom is -0.386 e. The van der Waals surface area contributed by atoms with Crippen LogP contribution in [-0.4, -0.2) is 118 Å². The monoisotopic (exact) mass is 767 g/mol. The van der Waals surface area contributed by atoms with Gasteiger partial charge in [-0.1, -0.05) is 13.8 Å². The Bertz CT molecular complexity index is 1590. The van der Waals surface area contributed by atoms with E-state index in [2.05, 4.69) is 47.0 Å². The number of hydrogen-bond donors (Lipinski definition) is 10. The Morgan fingerprint density at radius 2 is 1.77 bits per heavy atom. The molecule has 27 heteroatoms. The highest BCUT2D eigenvalue weighted by Crippen LogP contribution is 2.61. The molecular weight excluding hydrogens is 731 g/mol. The van der Waals surface area contributed by atoms with Gasteiger partial charge in [0.25, 0.3) is 0 Å². The molecule has 272 valence electrons. The molecule has 2 aromatic heterocycles. The number of hydrogen-bond acceptors (Lipinski definition) is 17. The molecular formula is C21H36N7O16P3S. The van der Waals surface area contributed by atoms with E-state index in [-0.39, 0.29) is 35.9 Å². The van der Waals surface area contributed by atoms with Crippen LogP contribution in [0.25, 0.3) is 11.2 Å². The van der Waals surface area contributed by atoms with Crippen LogP contribution in [0, 0.1) is 5.41 Å². The molecule has 0 bridgehead atoms. The van der Waals surface area contributed by atoms with Gasteiger partial charge in [-0.2, -0.15) is 16.9 Å². The van der Waals surface area contributed by atoms with Crippen molar-refractivity contribution in [3.05, 3.63) is 12.7 Å². The molecule has 0 saturated carbocycles. The van der Waals surface area contributed by atoms with Crippen LogP contribution in [0.2, 0.25) is 0 Å². The van der Waals surface area contributed by atoms with Crippen LogP contribution in [0.1, 0.15) is 26.5 Å². The van der Waals surface area contributed by atoms with Crippen molar-refractivity contribution in [3.8, 4) is 0 Å². The zero-order valence-electron chi connectivity index (χ0n) is 25.2. The lowest BCUT2D eigenvalue weighted by Gasteiger charge is -2.30. The van der Waals surface area contributed by atoms with Crippen molar-refractivity contribution in [1.82, 2.24) is 30.2 Å². The Kier molecular flexibility index (Phi) is 13.7. The molecule has 0 spiro atoms. The Labute approximate surface area is 277 Å². The zero-order valence-corrected chi connectivity index (χ0v) is 28.8. The Morgan fingerprint density at radius 3 is 2.42 bits per heavy atom. The topological polar surface area (TPSA) is 347 Å². The molecule has 23 nitrogen and oxygen atoms in total. The number of nitrogen functional groups attached to an aromatic ring is 1. The van der Waals surface area contributed by atoms with E-state index in [1.54, 1.807) is 0 Å². The van der Waals surface area contributed by atoms with Gasteiger partial charge in [0.1, 0.15) is 36.3 Å². The molecule has 3 heterocycles. The summed E-state index contributed by atoms with van der Waals surface area (Å²) in [5.74, 6) is -0.943. The van der Waals surface area contributed by atoms with Gasteiger partial charge in [-0.15, -0.1) is 0 Å². The lowest BCUT2D eigenvalue weighted by Crippen LogP contribution is -2.46. The third kappa shape index (κ3) is 11.2. The van der Waals surface area contributed by atoms with Gasteiger partial charge in [0.15, 0.2) is 17.7 Å². The SMILES string of the molecule is CC(C)(COP(=O)(O)OP(=O)(O)OC[C@H]1O[C@@H](n2cnc3c(N)ncnc32)C(O)C1OP(=O)(O)O)[C@@H](O)C(=O)NCCC(=O)NCCS. The summed E-state index contributed by atoms with van der Waals surface area (Å²) >= 11 is 3.95. The summed E-state index contributed by atoms with van der Waals surface area (Å²) in [6.45, 7) is 0.723. The first-order chi connectivity index (χ1) is 22.2. The zero-order chi connectivity index (χ0) is 36.1. The number of nitrogens with zero attached hydrogens (tertiary/aromatic N) is 4. The van der Waals surface area contributed by atoms with E-state index >= 15 is 0 Å². The molecule has 0 aliphatic carbocycles. The number of aliphatic hydroxyl groups is 2. The Morgan fingerprint density at radius 1 is 1.10 bits per heavy atom. The highest BCUT2D eigenvalue weighted by molar-refractivity contribution is 7.80. The number of carbonyl (C=O) groups is 2. The molecule has 0 radical (unpaired) electrons. The highest BCUT2D eigenvalue weighted by atomic mass is 32.1. The summed E-state index contributed by atoms with van der Waals surface area (Å²) in [6, 6.07) is 0. The van der Waals surface area contributed by atoms with Crippen LogP contribution in [-0.2, 0) is 45.9 Å². The van der Waals surface area contributed by atoms with Gasteiger partial charge in [-0.3, -0.25) is 27.7 Å². The largest absolute Gasteiger partial charge is 0.481 e. The van der Waals surface area contributed by atoms with Crippen molar-refractivity contribution < 1.29 is 75.7 Å². The minimum absolute atomic E-state index is 0.0363. The first-order valence-electron chi connectivity index (χ1n) is 13.7. The standard InChI is InChI=1S/C21H36N7O16P3S/c1-21(2,16(31)19(32)24-4-3-12(29)23-5-6-48)8-41-47(38,39)44-46(36,37)40-7-11-15(43-45(33,34)35)14(30)20(42-11)28-10-27-13-17(22)25-9-26-18(13)28/h9-11,14-16,20,30-31,48H,3-8H2,1-2H3,(H,23,29)(H,24,32)(H,36,37)(H,38,39)(H2,22,25,26)(H2,33,34,35)/t11-,14?,15?,16+,20-/m1/s1. The molecule has 3 rings (SSSR count). The molecule has 2 aromatic rings. The molecule has 0 aromatic carbocycles. The van der Waals surface area contributed by atoms with Crippen LogP contribution in [0.3, 0.4) is 0 Å². The van der Waals surface area contributed by atoms with Crippen molar-refractivity contribution in [2.45, 2.75) is 50.9 Å². The van der Waals surface area contributed by atoms with Gasteiger partial charge < -0.3 is 50.9 Å². The number of aliphatic hydroxyl groups excluding tert-OH is 2. The smallest absolute Gasteiger partial charge is 0.386 e. The Hall–Kier alpha value is -2.11. The fourth-order valence-corrected chi connectivity index (χ4v) is 7.08. The lowest BCUT2D eigenvalue weighted by molar-refractivity contribution is -0.137. The van der Waals surface area contributed by atoms with E-state index in [4.69, 9.17) is 19.5 Å². The quantitative estimate of drug-likeness (QED) is 0.0599. The van der Waals surface area contributed by atoms with Gasteiger partial charge in [-0.05, 0) is 0 Å². The fourth-order valence-electron chi connectivity index (χ4n) is 4.14. The summed E-state index contributed by atoms with van der Waals surface area (Å²) < 4.78 is 61.7. The van der Waals surface area contributed by atoms with E-state index < -0.39 is 78.6 Å². The summed E-state index contributed by atoms with van der Waals surface area (Å²) in [5.41, 5.74) is 4.30. The van der Waals surface area contributed by atoms with E-state index in [0.29, 0.717) is 12.3 Å². The number of phosphoric acid groups is 3. The molecule has 1 aliphatic heterocycles. The van der Waals surface area contributed by atoms with Crippen molar-refractivity contribution in [2.75, 3.05) is 37.8 Å². The minimum atomic E-state index is -5.54. The maximum atomic E-state index is 12.6. The van der Waals surface area contributed by atoms with Crippen LogP contribution in [0.5, 0.6) is 0 Å². The normalized spacial score (nSPS) is 23.4.